The number of hydrogen-bond donors (Lipinski definition) is 0. The van der Waals surface area contributed by atoms with Crippen LogP contribution >= 0.6 is 0 Å². The first-order valence-corrected chi connectivity index (χ1v) is 6.54. The molecule has 0 fully saturated rings. The minimum atomic E-state index is -0.522. The molecule has 0 spiro atoms. The van der Waals surface area contributed by atoms with Crippen molar-refractivity contribution in [2.24, 2.45) is 0 Å². The molecule has 0 saturated carbocycles. The molecule has 4 nitrogen and oxygen atoms in total. The van der Waals surface area contributed by atoms with E-state index in [0.29, 0.717) is 11.1 Å². The Morgan fingerprint density at radius 1 is 0.714 bits per heavy atom. The van der Waals surface area contributed by atoms with Crippen molar-refractivity contribution in [3.8, 4) is 0 Å². The summed E-state index contributed by atoms with van der Waals surface area (Å²) in [7, 11) is -0.403. The van der Waals surface area contributed by atoms with Crippen LogP contribution in [0.3, 0.4) is 0 Å². The monoisotopic (exact) mass is 282 g/mol. The number of rotatable bonds is 4. The van der Waals surface area contributed by atoms with Gasteiger partial charge in [-0.1, -0.05) is 35.4 Å². The van der Waals surface area contributed by atoms with Crippen LogP contribution in [0, 0.1) is 13.8 Å². The summed E-state index contributed by atoms with van der Waals surface area (Å²) in [5.74, 6) is -1.04. The number of aryl methyl sites for hydroxylation is 2. The van der Waals surface area contributed by atoms with Crippen molar-refractivity contribution >= 4 is 19.6 Å². The molecule has 0 aliphatic carbocycles. The van der Waals surface area contributed by atoms with Crippen LogP contribution in [0.2, 0.25) is 0 Å². The van der Waals surface area contributed by atoms with E-state index < -0.39 is 19.6 Å². The van der Waals surface area contributed by atoms with E-state index in [1.165, 1.54) is 0 Å². The summed E-state index contributed by atoms with van der Waals surface area (Å²) in [5, 5.41) is 0. The largest absolute Gasteiger partial charge is 0.580 e. The molecule has 0 aromatic heterocycles. The summed E-state index contributed by atoms with van der Waals surface area (Å²) >= 11 is 0. The second kappa shape index (κ2) is 6.75. The van der Waals surface area contributed by atoms with Gasteiger partial charge in [0.05, 0.1) is 11.1 Å². The molecule has 0 aliphatic heterocycles. The van der Waals surface area contributed by atoms with Gasteiger partial charge >= 0.3 is 19.6 Å². The third-order valence-corrected chi connectivity index (χ3v) is 2.95. The van der Waals surface area contributed by atoms with Gasteiger partial charge in [-0.15, -0.1) is 0 Å². The van der Waals surface area contributed by atoms with Crippen LogP contribution in [0.4, 0.5) is 0 Å². The Hall–Kier alpha value is -2.56. The van der Waals surface area contributed by atoms with Crippen LogP contribution in [-0.4, -0.2) is 19.6 Å². The van der Waals surface area contributed by atoms with E-state index in [4.69, 9.17) is 9.31 Å². The van der Waals surface area contributed by atoms with E-state index in [1.54, 1.807) is 24.3 Å². The molecule has 106 valence electrons. The molecular weight excluding hydrogens is 267 g/mol. The van der Waals surface area contributed by atoms with Gasteiger partial charge in [0.1, 0.15) is 0 Å². The lowest BCUT2D eigenvalue weighted by molar-refractivity contribution is 0.0632. The third kappa shape index (κ3) is 4.21. The Morgan fingerprint density at radius 2 is 1.05 bits per heavy atom. The highest BCUT2D eigenvalue weighted by atomic mass is 16.6. The van der Waals surface area contributed by atoms with Crippen LogP contribution in [0.15, 0.2) is 48.5 Å². The fourth-order valence-corrected chi connectivity index (χ4v) is 1.68. The lowest BCUT2D eigenvalue weighted by Gasteiger charge is -2.06. The molecule has 0 radical (unpaired) electrons. The number of carbonyl (C=O) groups is 2. The topological polar surface area (TPSA) is 52.6 Å². The maximum atomic E-state index is 11.7. The van der Waals surface area contributed by atoms with Gasteiger partial charge in [0, 0.05) is 0 Å². The van der Waals surface area contributed by atoms with Crippen molar-refractivity contribution in [1.29, 1.82) is 0 Å². The van der Waals surface area contributed by atoms with Crippen molar-refractivity contribution in [2.45, 2.75) is 13.8 Å². The Labute approximate surface area is 124 Å². The Balaban J connectivity index is 1.83. The normalized spacial score (nSPS) is 9.81. The molecule has 0 saturated heterocycles. The van der Waals surface area contributed by atoms with E-state index in [2.05, 4.69) is 0 Å². The lowest BCUT2D eigenvalue weighted by atomic mass is 10.1. The second-order valence-electron chi connectivity index (χ2n) is 4.71. The summed E-state index contributed by atoms with van der Waals surface area (Å²) in [6.07, 6.45) is 0. The van der Waals surface area contributed by atoms with Crippen molar-refractivity contribution in [1.82, 2.24) is 0 Å². The smallest absolute Gasteiger partial charge is 0.498 e. The van der Waals surface area contributed by atoms with E-state index >= 15 is 0 Å². The van der Waals surface area contributed by atoms with Crippen LogP contribution in [0.25, 0.3) is 0 Å². The zero-order valence-electron chi connectivity index (χ0n) is 12.0. The van der Waals surface area contributed by atoms with Gasteiger partial charge in [-0.05, 0) is 38.1 Å². The van der Waals surface area contributed by atoms with Crippen molar-refractivity contribution < 1.29 is 18.9 Å². The molecule has 0 heterocycles. The van der Waals surface area contributed by atoms with Crippen molar-refractivity contribution in [2.75, 3.05) is 0 Å². The summed E-state index contributed by atoms with van der Waals surface area (Å²) in [6.45, 7) is 3.86. The highest BCUT2D eigenvalue weighted by Gasteiger charge is 2.12. The molecular formula is C16H15BO4. The van der Waals surface area contributed by atoms with Gasteiger partial charge in [-0.2, -0.15) is 0 Å². The standard InChI is InChI=1S/C16H15BO4/c1-11-3-7-13(8-4-11)15(18)20-17-21-16(19)14-9-5-12(2)6-10-14/h3-10,17H,1-2H3. The van der Waals surface area contributed by atoms with Gasteiger partial charge in [0.25, 0.3) is 0 Å². The van der Waals surface area contributed by atoms with Gasteiger partial charge < -0.3 is 9.31 Å². The molecule has 0 bridgehead atoms. The van der Waals surface area contributed by atoms with Gasteiger partial charge in [0.2, 0.25) is 0 Å². The molecule has 2 rings (SSSR count). The fourth-order valence-electron chi connectivity index (χ4n) is 1.68. The summed E-state index contributed by atoms with van der Waals surface area (Å²) in [6, 6.07) is 13.9. The van der Waals surface area contributed by atoms with E-state index in [-0.39, 0.29) is 0 Å². The summed E-state index contributed by atoms with van der Waals surface area (Å²) < 4.78 is 9.80. The molecule has 5 heteroatoms. The Bertz CT molecular complexity index is 575. The molecule has 2 aromatic rings. The SMILES string of the molecule is Cc1ccc(C(=O)OBOC(=O)c2ccc(C)cc2)cc1. The highest BCUT2D eigenvalue weighted by Crippen LogP contribution is 2.06. The third-order valence-electron chi connectivity index (χ3n) is 2.95. The zero-order chi connectivity index (χ0) is 15.2. The van der Waals surface area contributed by atoms with Gasteiger partial charge in [0.15, 0.2) is 0 Å². The Morgan fingerprint density at radius 3 is 1.38 bits per heavy atom. The average molecular weight is 282 g/mol. The predicted molar refractivity (Wildman–Crippen MR) is 80.3 cm³/mol. The molecule has 0 atom stereocenters. The fraction of sp³-hybridized carbons (Fsp3) is 0.125. The average Bonchev–Trinajstić information content (AvgIpc) is 2.48. The first-order chi connectivity index (χ1) is 10.1. The molecule has 21 heavy (non-hydrogen) atoms. The van der Waals surface area contributed by atoms with Crippen LogP contribution < -0.4 is 0 Å². The zero-order valence-corrected chi connectivity index (χ0v) is 12.0. The van der Waals surface area contributed by atoms with E-state index in [9.17, 15) is 9.59 Å². The highest BCUT2D eigenvalue weighted by molar-refractivity contribution is 6.28. The lowest BCUT2D eigenvalue weighted by Crippen LogP contribution is -2.16. The van der Waals surface area contributed by atoms with Crippen LogP contribution in [0.1, 0.15) is 31.8 Å². The van der Waals surface area contributed by atoms with E-state index in [1.807, 2.05) is 38.1 Å². The van der Waals surface area contributed by atoms with Crippen LogP contribution in [0.5, 0.6) is 0 Å². The maximum Gasteiger partial charge on any atom is 0.580 e. The van der Waals surface area contributed by atoms with Gasteiger partial charge in [-0.3, -0.25) is 0 Å². The molecule has 0 N–H and O–H groups in total. The maximum absolute atomic E-state index is 11.7. The minimum absolute atomic E-state index is 0.403. The number of hydrogen-bond acceptors (Lipinski definition) is 4. The Kier molecular flexibility index (Phi) is 4.77. The van der Waals surface area contributed by atoms with E-state index in [0.717, 1.165) is 11.1 Å². The summed E-state index contributed by atoms with van der Waals surface area (Å²) in [5.41, 5.74) is 2.95. The first-order valence-electron chi connectivity index (χ1n) is 6.54. The predicted octanol–water partition coefficient (Wildman–Crippen LogP) is 2.58. The minimum Gasteiger partial charge on any atom is -0.498 e. The molecule has 2 aromatic carbocycles. The van der Waals surface area contributed by atoms with Crippen molar-refractivity contribution in [3.63, 3.8) is 0 Å². The van der Waals surface area contributed by atoms with Gasteiger partial charge in [-0.25, -0.2) is 9.59 Å². The van der Waals surface area contributed by atoms with Crippen molar-refractivity contribution in [3.05, 3.63) is 70.8 Å². The molecule has 0 amide bonds. The first kappa shape index (κ1) is 14.8. The number of carbonyl (C=O) groups excluding carboxylic acids is 2. The quantitative estimate of drug-likeness (QED) is 0.809. The molecule has 0 aliphatic rings. The molecule has 0 unspecified atom stereocenters. The second-order valence-corrected chi connectivity index (χ2v) is 4.71. The summed E-state index contributed by atoms with van der Waals surface area (Å²) in [4.78, 5) is 23.4. The number of benzene rings is 2. The van der Waals surface area contributed by atoms with Crippen LogP contribution in [-0.2, 0) is 9.31 Å².